The largest absolute Gasteiger partial charge is 0.481 e. The van der Waals surface area contributed by atoms with Crippen molar-refractivity contribution in [3.8, 4) is 0 Å². The minimum atomic E-state index is -1.58. The van der Waals surface area contributed by atoms with Gasteiger partial charge in [0.25, 0.3) is 5.91 Å². The van der Waals surface area contributed by atoms with Gasteiger partial charge < -0.3 is 10.2 Å². The summed E-state index contributed by atoms with van der Waals surface area (Å²) in [4.78, 5) is 35.5. The van der Waals surface area contributed by atoms with E-state index in [1.54, 1.807) is 18.2 Å². The zero-order valence-corrected chi connectivity index (χ0v) is 14.9. The molecule has 0 spiro atoms. The van der Waals surface area contributed by atoms with E-state index in [0.717, 1.165) is 16.7 Å². The fourth-order valence-corrected chi connectivity index (χ4v) is 3.83. The molecule has 1 heterocycles. The number of hydrogen-bond acceptors (Lipinski definition) is 5. The van der Waals surface area contributed by atoms with Crippen molar-refractivity contribution in [2.45, 2.75) is 12.5 Å². The Morgan fingerprint density at radius 2 is 1.88 bits per heavy atom. The van der Waals surface area contributed by atoms with Crippen LogP contribution in [0, 0.1) is 0 Å². The number of carbonyl (C=O) groups is 3. The van der Waals surface area contributed by atoms with Crippen LogP contribution >= 0.6 is 47.2 Å². The maximum Gasteiger partial charge on any atom is 0.327 e. The molecule has 2 rings (SSSR count). The lowest BCUT2D eigenvalue weighted by Crippen LogP contribution is -2.45. The Morgan fingerprint density at radius 3 is 2.38 bits per heavy atom. The first-order valence-electron chi connectivity index (χ1n) is 6.38. The van der Waals surface area contributed by atoms with E-state index < -0.39 is 30.3 Å². The van der Waals surface area contributed by atoms with Gasteiger partial charge in [0.05, 0.1) is 11.3 Å². The van der Waals surface area contributed by atoms with Gasteiger partial charge in [-0.3, -0.25) is 14.5 Å². The Bertz CT molecular complexity index is 760. The van der Waals surface area contributed by atoms with E-state index in [4.69, 9.17) is 40.5 Å². The number of nitrogens with zero attached hydrogens (tertiary/aromatic N) is 1. The molecule has 2 N–H and O–H groups in total. The first-order chi connectivity index (χ1) is 11.2. The van der Waals surface area contributed by atoms with Crippen molar-refractivity contribution in [2.24, 2.45) is 0 Å². The summed E-state index contributed by atoms with van der Waals surface area (Å²) in [5.41, 5.74) is 0.395. The predicted octanol–water partition coefficient (Wildman–Crippen LogP) is 3.12. The van der Waals surface area contributed by atoms with Gasteiger partial charge in [0.15, 0.2) is 0 Å². The van der Waals surface area contributed by atoms with Gasteiger partial charge in [0.2, 0.25) is 0 Å². The molecule has 1 saturated heterocycles. The second-order valence-electron chi connectivity index (χ2n) is 4.64. The third-order valence-electron chi connectivity index (χ3n) is 3.06. The van der Waals surface area contributed by atoms with Crippen molar-refractivity contribution >= 4 is 75.4 Å². The highest BCUT2D eigenvalue weighted by Crippen LogP contribution is 2.37. The summed E-state index contributed by atoms with van der Waals surface area (Å²) < 4.78 is -0.0388. The zero-order valence-electron chi connectivity index (χ0n) is 11.7. The van der Waals surface area contributed by atoms with Crippen LogP contribution in [0.1, 0.15) is 12.0 Å². The van der Waals surface area contributed by atoms with Gasteiger partial charge in [0, 0.05) is 15.6 Å². The van der Waals surface area contributed by atoms with Crippen molar-refractivity contribution in [1.29, 1.82) is 0 Å². The molecule has 0 bridgehead atoms. The van der Waals surface area contributed by atoms with E-state index >= 15 is 0 Å². The summed E-state index contributed by atoms with van der Waals surface area (Å²) in [5.74, 6) is -3.50. The molecule has 1 aromatic rings. The van der Waals surface area contributed by atoms with E-state index in [2.05, 4.69) is 0 Å². The summed E-state index contributed by atoms with van der Waals surface area (Å²) >= 11 is 18.0. The summed E-state index contributed by atoms with van der Waals surface area (Å²) in [6.07, 6.45) is 0.644. The molecule has 0 unspecified atom stereocenters. The second-order valence-corrected chi connectivity index (χ2v) is 7.13. The van der Waals surface area contributed by atoms with Crippen LogP contribution in [0.15, 0.2) is 23.1 Å². The number of thiocarbonyl (C=S) groups is 1. The fourth-order valence-electron chi connectivity index (χ4n) is 1.98. The molecule has 1 fully saturated rings. The average Bonchev–Trinajstić information content (AvgIpc) is 2.75. The number of thioether (sulfide) groups is 1. The highest BCUT2D eigenvalue weighted by atomic mass is 35.5. The Balaban J connectivity index is 2.39. The van der Waals surface area contributed by atoms with Crippen molar-refractivity contribution in [3.63, 3.8) is 0 Å². The molecule has 0 radical (unpaired) electrons. The summed E-state index contributed by atoms with van der Waals surface area (Å²) in [6, 6.07) is 3.23. The van der Waals surface area contributed by atoms with E-state index in [0.29, 0.717) is 15.6 Å². The third kappa shape index (κ3) is 3.89. The predicted molar refractivity (Wildman–Crippen MR) is 95.2 cm³/mol. The van der Waals surface area contributed by atoms with Gasteiger partial charge in [0.1, 0.15) is 10.4 Å². The smallest absolute Gasteiger partial charge is 0.327 e. The summed E-state index contributed by atoms with van der Waals surface area (Å²) in [7, 11) is 0. The molecule has 0 aromatic heterocycles. The average molecular weight is 406 g/mol. The number of hydrogen-bond donors (Lipinski definition) is 2. The molecular weight excluding hydrogens is 397 g/mol. The molecule has 6 nitrogen and oxygen atoms in total. The standard InChI is InChI=1S/C14H9Cl2NO5S2/c15-7-2-1-3-8(16)6(7)4-10-12(20)17(14(23)24-10)9(13(21)22)5-11(18)19/h1-4,9H,5H2,(H,18,19)(H,21,22)/b10-4+/t9-/m1/s1. The Hall–Kier alpha value is -1.61. The molecule has 1 atom stereocenters. The van der Waals surface area contributed by atoms with Crippen LogP contribution in [-0.2, 0) is 14.4 Å². The normalized spacial score (nSPS) is 17.4. The van der Waals surface area contributed by atoms with Gasteiger partial charge in [-0.15, -0.1) is 0 Å². The third-order valence-corrected chi connectivity index (χ3v) is 5.05. The first-order valence-corrected chi connectivity index (χ1v) is 8.36. The van der Waals surface area contributed by atoms with Gasteiger partial charge in [-0.25, -0.2) is 4.79 Å². The number of amides is 1. The lowest BCUT2D eigenvalue weighted by Gasteiger charge is -2.21. The zero-order chi connectivity index (χ0) is 18.0. The summed E-state index contributed by atoms with van der Waals surface area (Å²) in [5, 5.41) is 18.7. The quantitative estimate of drug-likeness (QED) is 0.573. The molecule has 24 heavy (non-hydrogen) atoms. The number of halogens is 2. The van der Waals surface area contributed by atoms with E-state index in [9.17, 15) is 19.5 Å². The van der Waals surface area contributed by atoms with Crippen LogP contribution in [0.4, 0.5) is 0 Å². The maximum atomic E-state index is 12.5. The van der Waals surface area contributed by atoms with Crippen LogP contribution in [0.2, 0.25) is 10.0 Å². The fraction of sp³-hybridized carbons (Fsp3) is 0.143. The van der Waals surface area contributed by atoms with Crippen LogP contribution in [-0.4, -0.2) is 43.3 Å². The molecule has 1 aliphatic heterocycles. The van der Waals surface area contributed by atoms with Gasteiger partial charge >= 0.3 is 11.9 Å². The van der Waals surface area contributed by atoms with Gasteiger partial charge in [-0.1, -0.05) is 53.2 Å². The Labute approximate surface area is 156 Å². The van der Waals surface area contributed by atoms with Gasteiger partial charge in [-0.05, 0) is 18.2 Å². The minimum absolute atomic E-state index is 0.0388. The molecule has 1 aliphatic rings. The number of carboxylic acid groups (broad SMARTS) is 2. The minimum Gasteiger partial charge on any atom is -0.481 e. The number of aliphatic carboxylic acids is 2. The van der Waals surface area contributed by atoms with Gasteiger partial charge in [-0.2, -0.15) is 0 Å². The topological polar surface area (TPSA) is 94.9 Å². The number of rotatable bonds is 5. The molecule has 126 valence electrons. The van der Waals surface area contributed by atoms with Crippen molar-refractivity contribution in [1.82, 2.24) is 4.90 Å². The molecule has 0 saturated carbocycles. The van der Waals surface area contributed by atoms with Crippen molar-refractivity contribution in [2.75, 3.05) is 0 Å². The van der Waals surface area contributed by atoms with Crippen LogP contribution in [0.3, 0.4) is 0 Å². The van der Waals surface area contributed by atoms with E-state index in [1.807, 2.05) is 0 Å². The van der Waals surface area contributed by atoms with Crippen molar-refractivity contribution < 1.29 is 24.6 Å². The summed E-state index contributed by atoms with van der Waals surface area (Å²) in [6.45, 7) is 0. The Kier molecular flexibility index (Phi) is 5.87. The van der Waals surface area contributed by atoms with E-state index in [-0.39, 0.29) is 9.23 Å². The monoisotopic (exact) mass is 405 g/mol. The molecular formula is C14H9Cl2NO5S2. The van der Waals surface area contributed by atoms with Crippen LogP contribution in [0.25, 0.3) is 6.08 Å². The highest BCUT2D eigenvalue weighted by Gasteiger charge is 2.41. The molecule has 10 heteroatoms. The first kappa shape index (κ1) is 18.7. The SMILES string of the molecule is O=C(O)C[C@H](C(=O)O)N1C(=O)/C(=C\c2c(Cl)cccc2Cl)SC1=S. The molecule has 0 aliphatic carbocycles. The number of benzene rings is 1. The highest BCUT2D eigenvalue weighted by molar-refractivity contribution is 8.26. The lowest BCUT2D eigenvalue weighted by molar-refractivity contribution is -0.150. The van der Waals surface area contributed by atoms with Crippen molar-refractivity contribution in [3.05, 3.63) is 38.7 Å². The Morgan fingerprint density at radius 1 is 1.29 bits per heavy atom. The maximum absolute atomic E-state index is 12.5. The van der Waals surface area contributed by atoms with Crippen LogP contribution in [0.5, 0.6) is 0 Å². The molecule has 1 aromatic carbocycles. The van der Waals surface area contributed by atoms with E-state index in [1.165, 1.54) is 6.08 Å². The molecule has 1 amide bonds. The number of carboxylic acids is 2. The second kappa shape index (κ2) is 7.52. The lowest BCUT2D eigenvalue weighted by atomic mass is 10.1. The number of carbonyl (C=O) groups excluding carboxylic acids is 1. The van der Waals surface area contributed by atoms with Crippen LogP contribution < -0.4 is 0 Å².